The quantitative estimate of drug-likeness (QED) is 0.864. The largest absolute Gasteiger partial charge is 0.302 e. The maximum absolute atomic E-state index is 3.69. The molecule has 0 radical (unpaired) electrons. The van der Waals surface area contributed by atoms with E-state index >= 15 is 0 Å². The molecule has 0 unspecified atom stereocenters. The number of hydrogen-bond donors (Lipinski definition) is 1. The number of likely N-dealkylation sites (tertiary alicyclic amines) is 1. The van der Waals surface area contributed by atoms with Gasteiger partial charge in [0.15, 0.2) is 0 Å². The first-order valence-corrected chi connectivity index (χ1v) is 7.50. The van der Waals surface area contributed by atoms with Gasteiger partial charge in [0.2, 0.25) is 0 Å². The first-order chi connectivity index (χ1) is 8.36. The topological polar surface area (TPSA) is 15.3 Å². The molecule has 2 fully saturated rings. The molecule has 3 heteroatoms. The summed E-state index contributed by atoms with van der Waals surface area (Å²) in [4.78, 5) is 3.01. The van der Waals surface area contributed by atoms with Crippen molar-refractivity contribution in [2.75, 3.05) is 25.4 Å². The van der Waals surface area contributed by atoms with Crippen LogP contribution in [0.3, 0.4) is 0 Å². The zero-order valence-electron chi connectivity index (χ0n) is 10.2. The summed E-state index contributed by atoms with van der Waals surface area (Å²) in [6.45, 7) is 4.77. The monoisotopic (exact) mass is 248 g/mol. The lowest BCUT2D eigenvalue weighted by atomic mass is 10.0. The summed E-state index contributed by atoms with van der Waals surface area (Å²) < 4.78 is 0. The van der Waals surface area contributed by atoms with Crippen LogP contribution in [0.15, 0.2) is 30.3 Å². The molecule has 1 aromatic carbocycles. The Hall–Kier alpha value is -0.510. The second kappa shape index (κ2) is 5.01. The molecular weight excluding hydrogens is 228 g/mol. The van der Waals surface area contributed by atoms with Gasteiger partial charge in [-0.2, -0.15) is 0 Å². The molecule has 0 aromatic heterocycles. The van der Waals surface area contributed by atoms with E-state index < -0.39 is 0 Å². The van der Waals surface area contributed by atoms with Gasteiger partial charge in [0, 0.05) is 31.9 Å². The average Bonchev–Trinajstić information content (AvgIpc) is 2.83. The molecule has 2 aliphatic heterocycles. The SMILES string of the molecule is c1ccc(CN2CCC3(CC2)NCCS3)cc1. The van der Waals surface area contributed by atoms with Crippen LogP contribution < -0.4 is 5.32 Å². The van der Waals surface area contributed by atoms with Gasteiger partial charge in [0.1, 0.15) is 0 Å². The Labute approximate surface area is 108 Å². The second-order valence-corrected chi connectivity index (χ2v) is 6.51. The minimum atomic E-state index is 0.424. The van der Waals surface area contributed by atoms with Gasteiger partial charge >= 0.3 is 0 Å². The highest BCUT2D eigenvalue weighted by atomic mass is 32.2. The van der Waals surface area contributed by atoms with Crippen molar-refractivity contribution < 1.29 is 0 Å². The summed E-state index contributed by atoms with van der Waals surface area (Å²) in [5.41, 5.74) is 1.44. The average molecular weight is 248 g/mol. The van der Waals surface area contributed by atoms with Crippen molar-refractivity contribution in [3.63, 3.8) is 0 Å². The van der Waals surface area contributed by atoms with Gasteiger partial charge in [0.25, 0.3) is 0 Å². The normalized spacial score (nSPS) is 24.2. The van der Waals surface area contributed by atoms with Crippen molar-refractivity contribution in [3.05, 3.63) is 35.9 Å². The van der Waals surface area contributed by atoms with E-state index in [1.165, 1.54) is 43.8 Å². The van der Waals surface area contributed by atoms with Crippen LogP contribution in [-0.2, 0) is 6.54 Å². The maximum Gasteiger partial charge on any atom is 0.0670 e. The number of rotatable bonds is 2. The molecule has 0 aliphatic carbocycles. The van der Waals surface area contributed by atoms with Crippen LogP contribution in [0.25, 0.3) is 0 Å². The standard InChI is InChI=1S/C14H20N2S/c1-2-4-13(5-3-1)12-16-9-6-14(7-10-16)15-8-11-17-14/h1-5,15H,6-12H2. The Balaban J connectivity index is 1.55. The molecule has 0 bridgehead atoms. The van der Waals surface area contributed by atoms with Crippen molar-refractivity contribution in [1.29, 1.82) is 0 Å². The van der Waals surface area contributed by atoms with E-state index in [4.69, 9.17) is 0 Å². The molecule has 0 saturated carbocycles. The van der Waals surface area contributed by atoms with Crippen LogP contribution >= 0.6 is 11.8 Å². The van der Waals surface area contributed by atoms with Gasteiger partial charge < -0.3 is 5.32 Å². The molecule has 1 aromatic rings. The predicted octanol–water partition coefficient (Wildman–Crippen LogP) is 2.32. The Bertz CT molecular complexity index is 350. The lowest BCUT2D eigenvalue weighted by molar-refractivity contribution is 0.181. The highest BCUT2D eigenvalue weighted by molar-refractivity contribution is 8.00. The lowest BCUT2D eigenvalue weighted by Crippen LogP contribution is -2.47. The molecular formula is C14H20N2S. The number of nitrogens with zero attached hydrogens (tertiary/aromatic N) is 1. The Morgan fingerprint density at radius 1 is 1.18 bits per heavy atom. The van der Waals surface area contributed by atoms with E-state index in [0.717, 1.165) is 6.54 Å². The van der Waals surface area contributed by atoms with Crippen LogP contribution in [0.4, 0.5) is 0 Å². The van der Waals surface area contributed by atoms with Crippen molar-refractivity contribution in [2.24, 2.45) is 0 Å². The molecule has 2 heterocycles. The molecule has 3 rings (SSSR count). The minimum absolute atomic E-state index is 0.424. The number of hydrogen-bond acceptors (Lipinski definition) is 3. The molecule has 92 valence electrons. The third-order valence-electron chi connectivity index (χ3n) is 3.84. The summed E-state index contributed by atoms with van der Waals surface area (Å²) in [6.07, 6.45) is 2.59. The molecule has 1 N–H and O–H groups in total. The van der Waals surface area contributed by atoms with Gasteiger partial charge in [-0.3, -0.25) is 4.90 Å². The van der Waals surface area contributed by atoms with Gasteiger partial charge in [-0.25, -0.2) is 0 Å². The third kappa shape index (κ3) is 2.67. The van der Waals surface area contributed by atoms with Crippen LogP contribution in [0, 0.1) is 0 Å². The first-order valence-electron chi connectivity index (χ1n) is 6.52. The van der Waals surface area contributed by atoms with Crippen molar-refractivity contribution in [2.45, 2.75) is 24.3 Å². The fraction of sp³-hybridized carbons (Fsp3) is 0.571. The zero-order valence-corrected chi connectivity index (χ0v) is 11.0. The van der Waals surface area contributed by atoms with Gasteiger partial charge in [-0.1, -0.05) is 30.3 Å². The molecule has 1 spiro atoms. The molecule has 2 nitrogen and oxygen atoms in total. The Kier molecular flexibility index (Phi) is 3.41. The molecule has 2 saturated heterocycles. The highest BCUT2D eigenvalue weighted by Gasteiger charge is 2.37. The van der Waals surface area contributed by atoms with E-state index in [2.05, 4.69) is 52.3 Å². The van der Waals surface area contributed by atoms with Gasteiger partial charge in [-0.15, -0.1) is 11.8 Å². The van der Waals surface area contributed by atoms with Gasteiger partial charge in [0.05, 0.1) is 4.87 Å². The molecule has 17 heavy (non-hydrogen) atoms. The Morgan fingerprint density at radius 2 is 1.94 bits per heavy atom. The summed E-state index contributed by atoms with van der Waals surface area (Å²) in [5, 5.41) is 3.69. The second-order valence-electron chi connectivity index (χ2n) is 5.03. The molecule has 2 aliphatic rings. The number of nitrogens with one attached hydrogen (secondary N) is 1. The van der Waals surface area contributed by atoms with E-state index in [-0.39, 0.29) is 0 Å². The summed E-state index contributed by atoms with van der Waals surface area (Å²) in [7, 11) is 0. The lowest BCUT2D eigenvalue weighted by Gasteiger charge is -2.38. The fourth-order valence-electron chi connectivity index (χ4n) is 2.81. The predicted molar refractivity (Wildman–Crippen MR) is 74.1 cm³/mol. The minimum Gasteiger partial charge on any atom is -0.302 e. The summed E-state index contributed by atoms with van der Waals surface area (Å²) >= 11 is 2.14. The van der Waals surface area contributed by atoms with Crippen molar-refractivity contribution in [1.82, 2.24) is 10.2 Å². The van der Waals surface area contributed by atoms with Crippen LogP contribution in [-0.4, -0.2) is 35.2 Å². The highest BCUT2D eigenvalue weighted by Crippen LogP contribution is 2.37. The van der Waals surface area contributed by atoms with Crippen molar-refractivity contribution in [3.8, 4) is 0 Å². The first kappa shape index (κ1) is 11.6. The van der Waals surface area contributed by atoms with Crippen molar-refractivity contribution >= 4 is 11.8 Å². The maximum atomic E-state index is 3.69. The number of piperidine rings is 1. The molecule has 0 atom stereocenters. The van der Waals surface area contributed by atoms with E-state index in [1.54, 1.807) is 0 Å². The number of benzene rings is 1. The van der Waals surface area contributed by atoms with E-state index in [1.807, 2.05) is 0 Å². The Morgan fingerprint density at radius 3 is 2.59 bits per heavy atom. The molecule has 0 amide bonds. The number of thioether (sulfide) groups is 1. The van der Waals surface area contributed by atoms with Crippen LogP contribution in [0.1, 0.15) is 18.4 Å². The van der Waals surface area contributed by atoms with E-state index in [0.29, 0.717) is 4.87 Å². The summed E-state index contributed by atoms with van der Waals surface area (Å²) in [6, 6.07) is 10.8. The fourth-order valence-corrected chi connectivity index (χ4v) is 4.08. The van der Waals surface area contributed by atoms with Crippen LogP contribution in [0.2, 0.25) is 0 Å². The summed E-state index contributed by atoms with van der Waals surface area (Å²) in [5.74, 6) is 1.29. The smallest absolute Gasteiger partial charge is 0.0670 e. The third-order valence-corrected chi connectivity index (χ3v) is 5.35. The van der Waals surface area contributed by atoms with Gasteiger partial charge in [-0.05, 0) is 18.4 Å². The van der Waals surface area contributed by atoms with E-state index in [9.17, 15) is 0 Å². The zero-order chi connectivity index (χ0) is 11.6. The van der Waals surface area contributed by atoms with Crippen LogP contribution in [0.5, 0.6) is 0 Å².